The molecule has 2 aliphatic rings. The van der Waals surface area contributed by atoms with Gasteiger partial charge in [0, 0.05) is 29.7 Å². The second-order valence-corrected chi connectivity index (χ2v) is 6.52. The highest BCUT2D eigenvalue weighted by Gasteiger charge is 2.20. The molecule has 2 fully saturated rings. The zero-order valence-electron chi connectivity index (χ0n) is 10.2. The summed E-state index contributed by atoms with van der Waals surface area (Å²) in [4.78, 5) is 7.88. The Kier molecular flexibility index (Phi) is 3.71. The minimum Gasteiger partial charge on any atom is -0.344 e. The molecule has 2 saturated carbocycles. The van der Waals surface area contributed by atoms with Gasteiger partial charge >= 0.3 is 0 Å². The van der Waals surface area contributed by atoms with Gasteiger partial charge in [0.15, 0.2) is 0 Å². The van der Waals surface area contributed by atoms with Crippen molar-refractivity contribution in [2.24, 2.45) is 0 Å². The van der Waals surface area contributed by atoms with Gasteiger partial charge in [-0.1, -0.05) is 12.8 Å². The lowest BCUT2D eigenvalue weighted by atomic mass is 10.4. The molecule has 0 bridgehead atoms. The summed E-state index contributed by atoms with van der Waals surface area (Å²) in [6.07, 6.45) is 10.3. The lowest BCUT2D eigenvalue weighted by molar-refractivity contribution is 0.676. The zero-order chi connectivity index (χ0) is 11.5. The highest BCUT2D eigenvalue weighted by atomic mass is 32.2. The molecule has 0 unspecified atom stereocenters. The molecule has 2 aliphatic carbocycles. The van der Waals surface area contributed by atoms with Crippen molar-refractivity contribution in [1.82, 2.24) is 15.3 Å². The molecule has 1 aromatic heterocycles. The van der Waals surface area contributed by atoms with Crippen LogP contribution in [-0.2, 0) is 12.3 Å². The standard InChI is InChI=1S/C13H21N3S/c1-2-4-12(3-1)17-9-13-15-8-11(16-13)7-14-10-5-6-10/h8,10,12,14H,1-7,9H2,(H,15,16). The van der Waals surface area contributed by atoms with Crippen LogP contribution in [0.1, 0.15) is 50.0 Å². The van der Waals surface area contributed by atoms with Crippen molar-refractivity contribution in [2.45, 2.75) is 62.1 Å². The molecule has 3 rings (SSSR count). The van der Waals surface area contributed by atoms with Crippen molar-refractivity contribution in [3.63, 3.8) is 0 Å². The molecule has 4 heteroatoms. The summed E-state index contributed by atoms with van der Waals surface area (Å²) in [6.45, 7) is 0.950. The maximum atomic E-state index is 4.46. The van der Waals surface area contributed by atoms with Crippen LogP contribution in [0.5, 0.6) is 0 Å². The largest absolute Gasteiger partial charge is 0.344 e. The number of aromatic nitrogens is 2. The van der Waals surface area contributed by atoms with Crippen LogP contribution in [0.4, 0.5) is 0 Å². The number of aromatic amines is 1. The first kappa shape index (κ1) is 11.6. The van der Waals surface area contributed by atoms with Gasteiger partial charge in [-0.2, -0.15) is 11.8 Å². The number of imidazole rings is 1. The summed E-state index contributed by atoms with van der Waals surface area (Å²) in [7, 11) is 0. The fraction of sp³-hybridized carbons (Fsp3) is 0.769. The molecule has 0 aliphatic heterocycles. The third-order valence-electron chi connectivity index (χ3n) is 3.60. The van der Waals surface area contributed by atoms with Crippen molar-refractivity contribution in [3.05, 3.63) is 17.7 Å². The third-order valence-corrected chi connectivity index (χ3v) is 4.98. The summed E-state index contributed by atoms with van der Waals surface area (Å²) >= 11 is 2.07. The van der Waals surface area contributed by atoms with E-state index in [1.807, 2.05) is 6.20 Å². The minimum atomic E-state index is 0.773. The van der Waals surface area contributed by atoms with Gasteiger partial charge < -0.3 is 10.3 Å². The average Bonchev–Trinajstić information content (AvgIpc) is 2.86. The number of nitrogens with one attached hydrogen (secondary N) is 2. The molecule has 17 heavy (non-hydrogen) atoms. The molecule has 1 aromatic rings. The Labute approximate surface area is 107 Å². The lowest BCUT2D eigenvalue weighted by Gasteiger charge is -2.06. The summed E-state index contributed by atoms with van der Waals surface area (Å²) in [5, 5.41) is 4.39. The van der Waals surface area contributed by atoms with Crippen molar-refractivity contribution in [2.75, 3.05) is 0 Å². The molecule has 1 heterocycles. The highest BCUT2D eigenvalue weighted by molar-refractivity contribution is 7.99. The fourth-order valence-corrected chi connectivity index (χ4v) is 3.57. The SMILES string of the molecule is c1nc(CSC2CCCC2)[nH]c1CNC1CC1. The smallest absolute Gasteiger partial charge is 0.116 e. The fourth-order valence-electron chi connectivity index (χ4n) is 2.36. The molecule has 0 amide bonds. The average molecular weight is 251 g/mol. The molecule has 0 spiro atoms. The van der Waals surface area contributed by atoms with Crippen LogP contribution in [0.15, 0.2) is 6.20 Å². The van der Waals surface area contributed by atoms with E-state index in [2.05, 4.69) is 27.0 Å². The maximum absolute atomic E-state index is 4.46. The van der Waals surface area contributed by atoms with Crippen LogP contribution in [-0.4, -0.2) is 21.3 Å². The van der Waals surface area contributed by atoms with E-state index in [-0.39, 0.29) is 0 Å². The quantitative estimate of drug-likeness (QED) is 0.817. The second-order valence-electron chi connectivity index (χ2n) is 5.23. The van der Waals surface area contributed by atoms with Crippen LogP contribution < -0.4 is 5.32 Å². The van der Waals surface area contributed by atoms with Crippen LogP contribution >= 0.6 is 11.8 Å². The number of nitrogens with zero attached hydrogens (tertiary/aromatic N) is 1. The summed E-state index contributed by atoms with van der Waals surface area (Å²) in [5.41, 5.74) is 1.24. The van der Waals surface area contributed by atoms with Gasteiger partial charge in [0.25, 0.3) is 0 Å². The van der Waals surface area contributed by atoms with E-state index in [9.17, 15) is 0 Å². The Morgan fingerprint density at radius 1 is 1.29 bits per heavy atom. The van der Waals surface area contributed by atoms with E-state index in [1.165, 1.54) is 44.2 Å². The Balaban J connectivity index is 1.42. The van der Waals surface area contributed by atoms with E-state index in [0.29, 0.717) is 0 Å². The molecular weight excluding hydrogens is 230 g/mol. The molecular formula is C13H21N3S. The summed E-state index contributed by atoms with van der Waals surface area (Å²) < 4.78 is 0. The van der Waals surface area contributed by atoms with Crippen molar-refractivity contribution in [1.29, 1.82) is 0 Å². The van der Waals surface area contributed by atoms with E-state index < -0.39 is 0 Å². The van der Waals surface area contributed by atoms with E-state index in [0.717, 1.165) is 29.4 Å². The predicted octanol–water partition coefficient (Wildman–Crippen LogP) is 2.84. The van der Waals surface area contributed by atoms with Gasteiger partial charge in [0.2, 0.25) is 0 Å². The first-order chi connectivity index (χ1) is 8.40. The van der Waals surface area contributed by atoms with Crippen molar-refractivity contribution in [3.8, 4) is 0 Å². The van der Waals surface area contributed by atoms with Gasteiger partial charge in [0.05, 0.1) is 5.75 Å². The van der Waals surface area contributed by atoms with E-state index in [1.54, 1.807) is 0 Å². The van der Waals surface area contributed by atoms with Gasteiger partial charge in [0.1, 0.15) is 5.82 Å². The molecule has 94 valence electrons. The topological polar surface area (TPSA) is 40.7 Å². The lowest BCUT2D eigenvalue weighted by Crippen LogP contribution is -2.15. The number of hydrogen-bond donors (Lipinski definition) is 2. The van der Waals surface area contributed by atoms with Gasteiger partial charge in [-0.05, 0) is 25.7 Å². The maximum Gasteiger partial charge on any atom is 0.116 e. The molecule has 0 aromatic carbocycles. The van der Waals surface area contributed by atoms with Crippen LogP contribution in [0, 0.1) is 0 Å². The number of H-pyrrole nitrogens is 1. The highest BCUT2D eigenvalue weighted by Crippen LogP contribution is 2.30. The number of thioether (sulfide) groups is 1. The van der Waals surface area contributed by atoms with Crippen LogP contribution in [0.3, 0.4) is 0 Å². The Morgan fingerprint density at radius 3 is 2.88 bits per heavy atom. The van der Waals surface area contributed by atoms with E-state index in [4.69, 9.17) is 0 Å². The Bertz CT molecular complexity index is 353. The molecule has 0 atom stereocenters. The van der Waals surface area contributed by atoms with Crippen molar-refractivity contribution < 1.29 is 0 Å². The summed E-state index contributed by atoms with van der Waals surface area (Å²) in [6, 6.07) is 0.773. The van der Waals surface area contributed by atoms with Crippen LogP contribution in [0.25, 0.3) is 0 Å². The predicted molar refractivity (Wildman–Crippen MR) is 72.0 cm³/mol. The first-order valence-electron chi connectivity index (χ1n) is 6.78. The Morgan fingerprint density at radius 2 is 2.12 bits per heavy atom. The third kappa shape index (κ3) is 3.49. The molecule has 2 N–H and O–H groups in total. The van der Waals surface area contributed by atoms with Crippen molar-refractivity contribution >= 4 is 11.8 Å². The van der Waals surface area contributed by atoms with Crippen LogP contribution in [0.2, 0.25) is 0 Å². The number of hydrogen-bond acceptors (Lipinski definition) is 3. The zero-order valence-corrected chi connectivity index (χ0v) is 11.1. The normalized spacial score (nSPS) is 21.2. The molecule has 3 nitrogen and oxygen atoms in total. The first-order valence-corrected chi connectivity index (χ1v) is 7.83. The monoisotopic (exact) mass is 251 g/mol. The minimum absolute atomic E-state index is 0.773. The molecule has 0 radical (unpaired) electrons. The molecule has 0 saturated heterocycles. The van der Waals surface area contributed by atoms with Gasteiger partial charge in [-0.3, -0.25) is 0 Å². The Hall–Kier alpha value is -0.480. The van der Waals surface area contributed by atoms with Gasteiger partial charge in [-0.15, -0.1) is 0 Å². The van der Waals surface area contributed by atoms with E-state index >= 15 is 0 Å². The number of rotatable bonds is 6. The van der Waals surface area contributed by atoms with Gasteiger partial charge in [-0.25, -0.2) is 4.98 Å². The second kappa shape index (κ2) is 5.44. The summed E-state index contributed by atoms with van der Waals surface area (Å²) in [5.74, 6) is 2.20.